The van der Waals surface area contributed by atoms with Crippen molar-refractivity contribution < 1.29 is 0 Å². The third-order valence-electron chi connectivity index (χ3n) is 11.5. The summed E-state index contributed by atoms with van der Waals surface area (Å²) in [6, 6.07) is 44.8. The zero-order valence-corrected chi connectivity index (χ0v) is 35.4. The van der Waals surface area contributed by atoms with Crippen molar-refractivity contribution in [2.75, 3.05) is 0 Å². The highest BCUT2D eigenvalue weighted by atomic mass is 15.1. The highest BCUT2D eigenvalue weighted by molar-refractivity contribution is 5.86. The number of rotatable bonds is 10. The van der Waals surface area contributed by atoms with E-state index in [4.69, 9.17) is 9.97 Å². The molecule has 2 heterocycles. The first-order chi connectivity index (χ1) is 27.4. The van der Waals surface area contributed by atoms with Gasteiger partial charge in [-0.05, 0) is 126 Å². The third-order valence-corrected chi connectivity index (χ3v) is 11.5. The molecule has 4 heteroatoms. The predicted octanol–water partition coefficient (Wildman–Crippen LogP) is 14.4. The van der Waals surface area contributed by atoms with Crippen LogP contribution in [-0.4, -0.2) is 19.1 Å². The van der Waals surface area contributed by atoms with E-state index in [0.29, 0.717) is 23.7 Å². The predicted molar refractivity (Wildman–Crippen MR) is 242 cm³/mol. The summed E-state index contributed by atoms with van der Waals surface area (Å²) in [5, 5.41) is 0. The Morgan fingerprint density at radius 3 is 1.12 bits per heavy atom. The van der Waals surface area contributed by atoms with Gasteiger partial charge in [0.05, 0.1) is 33.4 Å². The zero-order chi connectivity index (χ0) is 40.1. The first-order valence-electron chi connectivity index (χ1n) is 20.8. The maximum absolute atomic E-state index is 5.37. The SMILES string of the molecule is Cc1cc(Cc2cc(C)cc(-c3nc4ccccc4n3-c3c(C(C)C)cccc3C(C)C)c2)cc(-c2nc3ccccc3n2-c2c(C(C)C)cccc2C(C)C)c1. The normalized spacial score (nSPS) is 12.0. The lowest BCUT2D eigenvalue weighted by Gasteiger charge is -2.23. The monoisotopic (exact) mass is 748 g/mol. The molecular formula is C53H56N4. The van der Waals surface area contributed by atoms with Gasteiger partial charge in [0.2, 0.25) is 0 Å². The van der Waals surface area contributed by atoms with E-state index in [2.05, 4.69) is 200 Å². The Kier molecular flexibility index (Phi) is 10.2. The van der Waals surface area contributed by atoms with E-state index in [1.807, 2.05) is 0 Å². The lowest BCUT2D eigenvalue weighted by molar-refractivity contribution is 0.810. The highest BCUT2D eigenvalue weighted by Gasteiger charge is 2.24. The second-order valence-electron chi connectivity index (χ2n) is 17.3. The van der Waals surface area contributed by atoms with Crippen LogP contribution in [0.5, 0.6) is 0 Å². The molecule has 0 amide bonds. The lowest BCUT2D eigenvalue weighted by Crippen LogP contribution is -2.09. The van der Waals surface area contributed by atoms with Crippen LogP contribution in [0.1, 0.15) is 124 Å². The first kappa shape index (κ1) is 38.1. The molecule has 288 valence electrons. The summed E-state index contributed by atoms with van der Waals surface area (Å²) in [4.78, 5) is 10.7. The molecule has 0 bridgehead atoms. The molecule has 6 aromatic carbocycles. The molecule has 0 radical (unpaired) electrons. The van der Waals surface area contributed by atoms with E-state index < -0.39 is 0 Å². The Bertz CT molecular complexity index is 2510. The number of para-hydroxylation sites is 6. The standard InChI is InChI=1S/C53H56N4/c1-32(2)42-17-15-18-43(33(3)4)50(42)56-48-23-13-11-21-46(48)54-52(56)40-27-36(9)25-38(30-40)29-39-26-37(10)28-41(31-39)53-55-47-22-12-14-24-49(47)57(53)51-44(34(5)6)19-16-20-45(51)35(7)8/h11-28,30-35H,29H2,1-10H3. The van der Waals surface area contributed by atoms with Crippen LogP contribution in [-0.2, 0) is 6.42 Å². The minimum Gasteiger partial charge on any atom is -0.292 e. The van der Waals surface area contributed by atoms with Crippen LogP contribution >= 0.6 is 0 Å². The molecule has 0 aliphatic rings. The first-order valence-corrected chi connectivity index (χ1v) is 20.8. The number of hydrogen-bond donors (Lipinski definition) is 0. The Morgan fingerprint density at radius 1 is 0.421 bits per heavy atom. The van der Waals surface area contributed by atoms with Crippen molar-refractivity contribution in [3.05, 3.63) is 166 Å². The average Bonchev–Trinajstić information content (AvgIpc) is 3.76. The Balaban J connectivity index is 1.27. The number of aryl methyl sites for hydroxylation is 2. The third kappa shape index (κ3) is 7.12. The molecule has 8 aromatic rings. The van der Waals surface area contributed by atoms with Gasteiger partial charge in [-0.2, -0.15) is 0 Å². The van der Waals surface area contributed by atoms with Gasteiger partial charge in [0.1, 0.15) is 11.6 Å². The largest absolute Gasteiger partial charge is 0.292 e. The summed E-state index contributed by atoms with van der Waals surface area (Å²) < 4.78 is 4.88. The van der Waals surface area contributed by atoms with Crippen LogP contribution in [0.15, 0.2) is 121 Å². The second kappa shape index (κ2) is 15.3. The van der Waals surface area contributed by atoms with Gasteiger partial charge in [-0.15, -0.1) is 0 Å². The topological polar surface area (TPSA) is 35.6 Å². The highest BCUT2D eigenvalue weighted by Crippen LogP contribution is 2.40. The minimum absolute atomic E-state index is 0.361. The van der Waals surface area contributed by atoms with Crippen molar-refractivity contribution in [3.8, 4) is 34.2 Å². The Labute approximate surface area is 339 Å². The van der Waals surface area contributed by atoms with Crippen molar-refractivity contribution in [1.82, 2.24) is 19.1 Å². The number of benzene rings is 6. The fourth-order valence-electron chi connectivity index (χ4n) is 8.85. The molecule has 0 saturated carbocycles. The van der Waals surface area contributed by atoms with Crippen molar-refractivity contribution in [1.29, 1.82) is 0 Å². The number of fused-ring (bicyclic) bond motifs is 2. The van der Waals surface area contributed by atoms with Crippen molar-refractivity contribution >= 4 is 22.1 Å². The summed E-state index contributed by atoms with van der Waals surface area (Å²) in [6.45, 7) is 22.8. The van der Waals surface area contributed by atoms with Gasteiger partial charge in [0.25, 0.3) is 0 Å². The molecule has 0 fully saturated rings. The van der Waals surface area contributed by atoms with Crippen LogP contribution < -0.4 is 0 Å². The molecule has 0 saturated heterocycles. The van der Waals surface area contributed by atoms with E-state index in [9.17, 15) is 0 Å². The number of nitrogens with zero attached hydrogens (tertiary/aromatic N) is 4. The Morgan fingerprint density at radius 2 is 0.772 bits per heavy atom. The molecule has 0 unspecified atom stereocenters. The van der Waals surface area contributed by atoms with Crippen molar-refractivity contribution in [3.63, 3.8) is 0 Å². The van der Waals surface area contributed by atoms with E-state index in [-0.39, 0.29) is 0 Å². The van der Waals surface area contributed by atoms with Gasteiger partial charge in [0, 0.05) is 11.1 Å². The fourth-order valence-corrected chi connectivity index (χ4v) is 8.85. The van der Waals surface area contributed by atoms with Gasteiger partial charge >= 0.3 is 0 Å². The molecule has 4 nitrogen and oxygen atoms in total. The Hall–Kier alpha value is -5.74. The average molecular weight is 749 g/mol. The van der Waals surface area contributed by atoms with E-state index in [1.54, 1.807) is 0 Å². The van der Waals surface area contributed by atoms with E-state index >= 15 is 0 Å². The van der Waals surface area contributed by atoms with Gasteiger partial charge in [-0.3, -0.25) is 9.13 Å². The van der Waals surface area contributed by atoms with Gasteiger partial charge in [-0.1, -0.05) is 139 Å². The molecule has 0 spiro atoms. The summed E-state index contributed by atoms with van der Waals surface area (Å²) >= 11 is 0. The van der Waals surface area contributed by atoms with Gasteiger partial charge < -0.3 is 0 Å². The molecule has 2 aromatic heterocycles. The second-order valence-corrected chi connectivity index (χ2v) is 17.3. The number of aromatic nitrogens is 4. The summed E-state index contributed by atoms with van der Waals surface area (Å²) in [7, 11) is 0. The van der Waals surface area contributed by atoms with Crippen molar-refractivity contribution in [2.24, 2.45) is 0 Å². The number of hydrogen-bond acceptors (Lipinski definition) is 2. The molecule has 0 atom stereocenters. The van der Waals surface area contributed by atoms with Gasteiger partial charge in [0.15, 0.2) is 0 Å². The minimum atomic E-state index is 0.361. The van der Waals surface area contributed by atoms with Crippen LogP contribution in [0.25, 0.3) is 56.2 Å². The molecular weight excluding hydrogens is 693 g/mol. The summed E-state index contributed by atoms with van der Waals surface area (Å²) in [6.07, 6.45) is 0.795. The van der Waals surface area contributed by atoms with E-state index in [0.717, 1.165) is 51.3 Å². The quantitative estimate of drug-likeness (QED) is 0.140. The molecule has 0 aliphatic heterocycles. The molecule has 0 N–H and O–H groups in total. The summed E-state index contributed by atoms with van der Waals surface area (Å²) in [5.41, 5.74) is 19.4. The lowest BCUT2D eigenvalue weighted by atomic mass is 9.92. The molecule has 8 rings (SSSR count). The van der Waals surface area contributed by atoms with Crippen LogP contribution in [0.2, 0.25) is 0 Å². The van der Waals surface area contributed by atoms with Crippen LogP contribution in [0.4, 0.5) is 0 Å². The zero-order valence-electron chi connectivity index (χ0n) is 35.4. The number of imidazole rings is 2. The molecule has 57 heavy (non-hydrogen) atoms. The van der Waals surface area contributed by atoms with Crippen LogP contribution in [0.3, 0.4) is 0 Å². The van der Waals surface area contributed by atoms with Gasteiger partial charge in [-0.25, -0.2) is 9.97 Å². The smallest absolute Gasteiger partial charge is 0.145 e. The fraction of sp³-hybridized carbons (Fsp3) is 0.283. The van der Waals surface area contributed by atoms with Crippen LogP contribution in [0, 0.1) is 13.8 Å². The van der Waals surface area contributed by atoms with Crippen molar-refractivity contribution in [2.45, 2.75) is 99.3 Å². The van der Waals surface area contributed by atoms with E-state index in [1.165, 1.54) is 55.9 Å². The maximum Gasteiger partial charge on any atom is 0.145 e. The maximum atomic E-state index is 5.37. The molecule has 0 aliphatic carbocycles. The summed E-state index contributed by atoms with van der Waals surface area (Å²) in [5.74, 6) is 3.42.